The van der Waals surface area contributed by atoms with Crippen molar-refractivity contribution in [3.05, 3.63) is 0 Å². The average molecular weight is 211 g/mol. The topological polar surface area (TPSA) is 35.6 Å². The van der Waals surface area contributed by atoms with Crippen LogP contribution in [-0.4, -0.2) is 55.1 Å². The Morgan fingerprint density at radius 2 is 1.80 bits per heavy atom. The molecule has 0 radical (unpaired) electrons. The standard InChI is InChI=1S/C11H21N3O/c1-3-13(4-2)11(15)14-7-9-5-12-6-10(9)8-14/h9-10,12H,3-8H2,1-2H3/t9-,10+. The van der Waals surface area contributed by atoms with Crippen molar-refractivity contribution in [2.75, 3.05) is 39.3 Å². The number of nitrogens with zero attached hydrogens (tertiary/aromatic N) is 2. The molecule has 0 aromatic heterocycles. The lowest BCUT2D eigenvalue weighted by molar-refractivity contribution is 0.164. The van der Waals surface area contributed by atoms with Crippen LogP contribution in [0.1, 0.15) is 13.8 Å². The van der Waals surface area contributed by atoms with Crippen LogP contribution >= 0.6 is 0 Å². The third kappa shape index (κ3) is 1.95. The molecule has 2 atom stereocenters. The molecule has 4 nitrogen and oxygen atoms in total. The van der Waals surface area contributed by atoms with Gasteiger partial charge in [-0.05, 0) is 25.7 Å². The summed E-state index contributed by atoms with van der Waals surface area (Å²) in [6.45, 7) is 9.80. The fourth-order valence-corrected chi connectivity index (χ4v) is 2.71. The van der Waals surface area contributed by atoms with Gasteiger partial charge in [-0.3, -0.25) is 0 Å². The van der Waals surface area contributed by atoms with E-state index in [1.165, 1.54) is 0 Å². The van der Waals surface area contributed by atoms with Gasteiger partial charge in [0.25, 0.3) is 0 Å². The highest BCUT2D eigenvalue weighted by Gasteiger charge is 2.38. The largest absolute Gasteiger partial charge is 0.325 e. The molecule has 86 valence electrons. The minimum Gasteiger partial charge on any atom is -0.325 e. The first kappa shape index (κ1) is 10.7. The zero-order valence-electron chi connectivity index (χ0n) is 9.70. The second-order valence-electron chi connectivity index (χ2n) is 4.54. The fourth-order valence-electron chi connectivity index (χ4n) is 2.71. The van der Waals surface area contributed by atoms with Crippen LogP contribution in [0.2, 0.25) is 0 Å². The summed E-state index contributed by atoms with van der Waals surface area (Å²) in [5.41, 5.74) is 0. The lowest BCUT2D eigenvalue weighted by Gasteiger charge is -2.26. The van der Waals surface area contributed by atoms with Crippen molar-refractivity contribution in [1.29, 1.82) is 0 Å². The molecule has 2 aliphatic heterocycles. The number of hydrogen-bond donors (Lipinski definition) is 1. The Balaban J connectivity index is 1.92. The highest BCUT2D eigenvalue weighted by Crippen LogP contribution is 2.26. The minimum absolute atomic E-state index is 0.231. The Hall–Kier alpha value is -0.770. The summed E-state index contributed by atoms with van der Waals surface area (Å²) in [5, 5.41) is 3.39. The maximum atomic E-state index is 12.1. The molecule has 0 bridgehead atoms. The molecule has 2 fully saturated rings. The van der Waals surface area contributed by atoms with Crippen LogP contribution in [0.3, 0.4) is 0 Å². The van der Waals surface area contributed by atoms with Crippen molar-refractivity contribution in [2.24, 2.45) is 11.8 Å². The Kier molecular flexibility index (Phi) is 3.14. The first-order valence-electron chi connectivity index (χ1n) is 6.00. The van der Waals surface area contributed by atoms with Gasteiger partial charge in [-0.25, -0.2) is 4.79 Å². The summed E-state index contributed by atoms with van der Waals surface area (Å²) >= 11 is 0. The van der Waals surface area contributed by atoms with Crippen molar-refractivity contribution < 1.29 is 4.79 Å². The average Bonchev–Trinajstić information content (AvgIpc) is 2.78. The predicted octanol–water partition coefficient (Wildman–Crippen LogP) is 0.599. The van der Waals surface area contributed by atoms with E-state index in [-0.39, 0.29) is 6.03 Å². The van der Waals surface area contributed by atoms with Gasteiger partial charge in [-0.2, -0.15) is 0 Å². The van der Waals surface area contributed by atoms with E-state index in [9.17, 15) is 4.79 Å². The van der Waals surface area contributed by atoms with E-state index in [1.54, 1.807) is 0 Å². The van der Waals surface area contributed by atoms with Gasteiger partial charge in [-0.1, -0.05) is 0 Å². The first-order valence-corrected chi connectivity index (χ1v) is 6.00. The Morgan fingerprint density at radius 3 is 2.27 bits per heavy atom. The van der Waals surface area contributed by atoms with Crippen LogP contribution in [0.25, 0.3) is 0 Å². The highest BCUT2D eigenvalue weighted by atomic mass is 16.2. The summed E-state index contributed by atoms with van der Waals surface area (Å²) in [6, 6.07) is 0.231. The summed E-state index contributed by atoms with van der Waals surface area (Å²) in [7, 11) is 0. The lowest BCUT2D eigenvalue weighted by atomic mass is 10.0. The van der Waals surface area contributed by atoms with E-state index in [4.69, 9.17) is 0 Å². The van der Waals surface area contributed by atoms with E-state index in [0.717, 1.165) is 39.3 Å². The lowest BCUT2D eigenvalue weighted by Crippen LogP contribution is -2.42. The molecule has 2 amide bonds. The summed E-state index contributed by atoms with van der Waals surface area (Å²) < 4.78 is 0. The van der Waals surface area contributed by atoms with Gasteiger partial charge in [0.2, 0.25) is 0 Å². The third-order valence-electron chi connectivity index (χ3n) is 3.69. The number of nitrogens with one attached hydrogen (secondary N) is 1. The molecule has 0 saturated carbocycles. The molecule has 2 aliphatic rings. The number of amides is 2. The minimum atomic E-state index is 0.231. The fraction of sp³-hybridized carbons (Fsp3) is 0.909. The molecule has 4 heteroatoms. The molecule has 1 N–H and O–H groups in total. The molecule has 2 saturated heterocycles. The molecular formula is C11H21N3O. The third-order valence-corrected chi connectivity index (χ3v) is 3.69. The van der Waals surface area contributed by atoms with Crippen LogP contribution < -0.4 is 5.32 Å². The second-order valence-corrected chi connectivity index (χ2v) is 4.54. The van der Waals surface area contributed by atoms with Crippen LogP contribution in [0.5, 0.6) is 0 Å². The summed E-state index contributed by atoms with van der Waals surface area (Å²) in [6.07, 6.45) is 0. The zero-order valence-corrected chi connectivity index (χ0v) is 9.70. The number of carbonyl (C=O) groups is 1. The van der Waals surface area contributed by atoms with Gasteiger partial charge in [0.15, 0.2) is 0 Å². The maximum absolute atomic E-state index is 12.1. The van der Waals surface area contributed by atoms with Gasteiger partial charge < -0.3 is 15.1 Å². The maximum Gasteiger partial charge on any atom is 0.319 e. The molecule has 0 aromatic rings. The molecule has 15 heavy (non-hydrogen) atoms. The molecular weight excluding hydrogens is 190 g/mol. The van der Waals surface area contributed by atoms with E-state index >= 15 is 0 Å². The zero-order chi connectivity index (χ0) is 10.8. The van der Waals surface area contributed by atoms with Crippen molar-refractivity contribution in [2.45, 2.75) is 13.8 Å². The number of hydrogen-bond acceptors (Lipinski definition) is 2. The van der Waals surface area contributed by atoms with Gasteiger partial charge in [0.1, 0.15) is 0 Å². The second kappa shape index (κ2) is 4.39. The van der Waals surface area contributed by atoms with Crippen LogP contribution in [-0.2, 0) is 0 Å². The molecule has 2 heterocycles. The van der Waals surface area contributed by atoms with Crippen LogP contribution in [0.15, 0.2) is 0 Å². The number of likely N-dealkylation sites (tertiary alicyclic amines) is 1. The quantitative estimate of drug-likeness (QED) is 0.726. The number of carbonyl (C=O) groups excluding carboxylic acids is 1. The van der Waals surface area contributed by atoms with Crippen molar-refractivity contribution in [3.63, 3.8) is 0 Å². The SMILES string of the molecule is CCN(CC)C(=O)N1C[C@H]2CNC[C@H]2C1. The Morgan fingerprint density at radius 1 is 1.27 bits per heavy atom. The predicted molar refractivity (Wildman–Crippen MR) is 59.7 cm³/mol. The molecule has 0 unspecified atom stereocenters. The molecule has 0 aliphatic carbocycles. The van der Waals surface area contributed by atoms with Crippen LogP contribution in [0, 0.1) is 11.8 Å². The normalized spacial score (nSPS) is 29.3. The summed E-state index contributed by atoms with van der Waals surface area (Å²) in [5.74, 6) is 1.40. The molecule has 2 rings (SSSR count). The summed E-state index contributed by atoms with van der Waals surface area (Å²) in [4.78, 5) is 16.0. The number of urea groups is 1. The van der Waals surface area contributed by atoms with Gasteiger partial charge >= 0.3 is 6.03 Å². The van der Waals surface area contributed by atoms with E-state index in [2.05, 4.69) is 5.32 Å². The smallest absolute Gasteiger partial charge is 0.319 e. The number of fused-ring (bicyclic) bond motifs is 1. The van der Waals surface area contributed by atoms with Gasteiger partial charge in [-0.15, -0.1) is 0 Å². The Labute approximate surface area is 91.6 Å². The number of rotatable bonds is 2. The van der Waals surface area contributed by atoms with E-state index in [1.807, 2.05) is 23.6 Å². The van der Waals surface area contributed by atoms with Crippen LogP contribution in [0.4, 0.5) is 4.79 Å². The monoisotopic (exact) mass is 211 g/mol. The first-order chi connectivity index (χ1) is 7.26. The van der Waals surface area contributed by atoms with E-state index in [0.29, 0.717) is 11.8 Å². The van der Waals surface area contributed by atoms with E-state index < -0.39 is 0 Å². The highest BCUT2D eigenvalue weighted by molar-refractivity contribution is 5.74. The van der Waals surface area contributed by atoms with Gasteiger partial charge in [0, 0.05) is 39.3 Å². The Bertz CT molecular complexity index is 228. The van der Waals surface area contributed by atoms with Crippen molar-refractivity contribution in [3.8, 4) is 0 Å². The van der Waals surface area contributed by atoms with Gasteiger partial charge in [0.05, 0.1) is 0 Å². The van der Waals surface area contributed by atoms with Crippen molar-refractivity contribution in [1.82, 2.24) is 15.1 Å². The molecule has 0 spiro atoms. The van der Waals surface area contributed by atoms with Crippen molar-refractivity contribution >= 4 is 6.03 Å². The molecule has 0 aromatic carbocycles.